The highest BCUT2D eigenvalue weighted by Gasteiger charge is 2.21. The van der Waals surface area contributed by atoms with Gasteiger partial charge in [0.25, 0.3) is 5.56 Å². The van der Waals surface area contributed by atoms with Crippen molar-refractivity contribution in [3.8, 4) is 0 Å². The molecule has 7 nitrogen and oxygen atoms in total. The fraction of sp³-hybridized carbons (Fsp3) is 0.417. The van der Waals surface area contributed by atoms with Gasteiger partial charge in [-0.25, -0.2) is 9.78 Å². The lowest BCUT2D eigenvalue weighted by Crippen LogP contribution is -2.22. The molecule has 0 saturated carbocycles. The predicted octanol–water partition coefficient (Wildman–Crippen LogP) is 1.03. The van der Waals surface area contributed by atoms with Crippen molar-refractivity contribution >= 4 is 17.1 Å². The molecule has 0 amide bonds. The van der Waals surface area contributed by atoms with Crippen LogP contribution in [0.3, 0.4) is 0 Å². The van der Waals surface area contributed by atoms with Gasteiger partial charge < -0.3 is 14.3 Å². The van der Waals surface area contributed by atoms with E-state index in [4.69, 9.17) is 14.3 Å². The van der Waals surface area contributed by atoms with E-state index in [-0.39, 0.29) is 22.4 Å². The first-order valence-electron chi connectivity index (χ1n) is 5.77. The normalized spacial score (nSPS) is 11.1. The lowest BCUT2D eigenvalue weighted by atomic mass is 10.2. The van der Waals surface area contributed by atoms with Crippen molar-refractivity contribution in [3.63, 3.8) is 0 Å². The lowest BCUT2D eigenvalue weighted by Gasteiger charge is -2.04. The van der Waals surface area contributed by atoms with Crippen molar-refractivity contribution in [2.24, 2.45) is 0 Å². The van der Waals surface area contributed by atoms with Crippen LogP contribution in [-0.4, -0.2) is 34.3 Å². The average Bonchev–Trinajstić information content (AvgIpc) is 2.69. The van der Waals surface area contributed by atoms with Crippen LogP contribution in [0.2, 0.25) is 0 Å². The van der Waals surface area contributed by atoms with Gasteiger partial charge in [-0.3, -0.25) is 9.36 Å². The molecule has 0 spiro atoms. The zero-order chi connectivity index (χ0) is 14.0. The smallest absolute Gasteiger partial charge is 0.340 e. The number of rotatable bonds is 5. The molecule has 0 saturated heterocycles. The summed E-state index contributed by atoms with van der Waals surface area (Å²) in [4.78, 5) is 27.4. The molecule has 0 unspecified atom stereocenters. The van der Waals surface area contributed by atoms with Crippen LogP contribution >= 0.6 is 0 Å². The molecule has 19 heavy (non-hydrogen) atoms. The van der Waals surface area contributed by atoms with Gasteiger partial charge >= 0.3 is 5.97 Å². The Hall–Kier alpha value is -2.15. The summed E-state index contributed by atoms with van der Waals surface area (Å²) in [5, 5.41) is 9.14. The Balaban J connectivity index is 2.53. The molecule has 2 rings (SSSR count). The van der Waals surface area contributed by atoms with Crippen molar-refractivity contribution in [2.75, 3.05) is 13.7 Å². The fourth-order valence-electron chi connectivity index (χ4n) is 1.93. The number of carboxylic acids is 1. The molecule has 2 aromatic heterocycles. The highest BCUT2D eigenvalue weighted by molar-refractivity contribution is 6.02. The van der Waals surface area contributed by atoms with Crippen molar-refractivity contribution in [2.45, 2.75) is 19.9 Å². The van der Waals surface area contributed by atoms with Gasteiger partial charge in [0, 0.05) is 20.3 Å². The average molecular weight is 266 g/mol. The number of furan rings is 1. The summed E-state index contributed by atoms with van der Waals surface area (Å²) in [6.07, 6.45) is 2.00. The fourth-order valence-corrected chi connectivity index (χ4v) is 1.93. The number of aryl methyl sites for hydroxylation is 2. The maximum absolute atomic E-state index is 12.2. The number of carboxylic acid groups (broad SMARTS) is 1. The maximum Gasteiger partial charge on any atom is 0.340 e. The third kappa shape index (κ3) is 2.37. The van der Waals surface area contributed by atoms with Crippen LogP contribution in [0, 0.1) is 6.92 Å². The van der Waals surface area contributed by atoms with Crippen molar-refractivity contribution < 1.29 is 19.1 Å². The van der Waals surface area contributed by atoms with Crippen LogP contribution in [-0.2, 0) is 11.3 Å². The van der Waals surface area contributed by atoms with E-state index in [1.54, 1.807) is 7.11 Å². The first-order chi connectivity index (χ1) is 9.06. The minimum atomic E-state index is -1.19. The van der Waals surface area contributed by atoms with Crippen LogP contribution in [0.1, 0.15) is 22.5 Å². The third-order valence-corrected chi connectivity index (χ3v) is 2.82. The first kappa shape index (κ1) is 13.3. The number of ether oxygens (including phenoxy) is 1. The molecule has 0 bridgehead atoms. The Bertz CT molecular complexity index is 671. The van der Waals surface area contributed by atoms with Crippen LogP contribution < -0.4 is 5.56 Å². The maximum atomic E-state index is 12.2. The Labute approximate surface area is 108 Å². The molecule has 0 aromatic carbocycles. The summed E-state index contributed by atoms with van der Waals surface area (Å²) in [5.74, 6) is -1.01. The van der Waals surface area contributed by atoms with Gasteiger partial charge in [0.05, 0.1) is 0 Å². The van der Waals surface area contributed by atoms with Gasteiger partial charge in [0.1, 0.15) is 23.0 Å². The highest BCUT2D eigenvalue weighted by atomic mass is 16.5. The van der Waals surface area contributed by atoms with Crippen molar-refractivity contribution in [1.82, 2.24) is 9.55 Å². The van der Waals surface area contributed by atoms with E-state index >= 15 is 0 Å². The van der Waals surface area contributed by atoms with Crippen molar-refractivity contribution in [1.29, 1.82) is 0 Å². The highest BCUT2D eigenvalue weighted by Crippen LogP contribution is 2.20. The Kier molecular flexibility index (Phi) is 3.66. The molecular formula is C12H14N2O5. The van der Waals surface area contributed by atoms with Gasteiger partial charge in [-0.05, 0) is 13.3 Å². The number of hydrogen-bond donors (Lipinski definition) is 1. The van der Waals surface area contributed by atoms with E-state index in [0.29, 0.717) is 19.6 Å². The van der Waals surface area contributed by atoms with Gasteiger partial charge in [0.15, 0.2) is 0 Å². The minimum Gasteiger partial charge on any atom is -0.478 e. The summed E-state index contributed by atoms with van der Waals surface area (Å²) in [5.41, 5.74) is -0.466. The molecule has 102 valence electrons. The Morgan fingerprint density at radius 1 is 1.58 bits per heavy atom. The lowest BCUT2D eigenvalue weighted by molar-refractivity contribution is 0.0697. The van der Waals surface area contributed by atoms with Crippen LogP contribution in [0.15, 0.2) is 15.5 Å². The van der Waals surface area contributed by atoms with E-state index < -0.39 is 11.5 Å². The van der Waals surface area contributed by atoms with Gasteiger partial charge in [-0.15, -0.1) is 0 Å². The number of aromatic carboxylic acids is 1. The molecule has 0 atom stereocenters. The largest absolute Gasteiger partial charge is 0.478 e. The molecular weight excluding hydrogens is 252 g/mol. The molecule has 7 heteroatoms. The number of nitrogens with zero attached hydrogens (tertiary/aromatic N) is 2. The molecule has 2 aromatic rings. The van der Waals surface area contributed by atoms with Gasteiger partial charge in [-0.1, -0.05) is 0 Å². The van der Waals surface area contributed by atoms with E-state index in [2.05, 4.69) is 4.98 Å². The molecule has 0 aliphatic rings. The number of methoxy groups -OCH3 is 1. The standard InChI is InChI=1S/C12H14N2O5/c1-7-8(12(16)17)9-10(19-7)13-6-14(11(9)15)4-3-5-18-2/h6H,3-5H2,1-2H3,(H,16,17). The first-order valence-corrected chi connectivity index (χ1v) is 5.77. The van der Waals surface area contributed by atoms with Crippen molar-refractivity contribution in [3.05, 3.63) is 28.0 Å². The monoisotopic (exact) mass is 266 g/mol. The van der Waals surface area contributed by atoms with Crippen LogP contribution in [0.4, 0.5) is 0 Å². The Morgan fingerprint density at radius 3 is 2.95 bits per heavy atom. The summed E-state index contributed by atoms with van der Waals surface area (Å²) in [6, 6.07) is 0. The zero-order valence-electron chi connectivity index (χ0n) is 10.7. The molecule has 0 radical (unpaired) electrons. The van der Waals surface area contributed by atoms with Crippen LogP contribution in [0.25, 0.3) is 11.1 Å². The summed E-state index contributed by atoms with van der Waals surface area (Å²) >= 11 is 0. The third-order valence-electron chi connectivity index (χ3n) is 2.82. The number of hydrogen-bond acceptors (Lipinski definition) is 5. The quantitative estimate of drug-likeness (QED) is 0.812. The van der Waals surface area contributed by atoms with E-state index in [9.17, 15) is 9.59 Å². The van der Waals surface area contributed by atoms with E-state index in [0.717, 1.165) is 0 Å². The number of fused-ring (bicyclic) bond motifs is 1. The molecule has 1 N–H and O–H groups in total. The summed E-state index contributed by atoms with van der Waals surface area (Å²) < 4.78 is 11.5. The predicted molar refractivity (Wildman–Crippen MR) is 66.5 cm³/mol. The van der Waals surface area contributed by atoms with Gasteiger partial charge in [0.2, 0.25) is 5.71 Å². The SMILES string of the molecule is COCCCn1cnc2oc(C)c(C(=O)O)c2c1=O. The topological polar surface area (TPSA) is 94.6 Å². The molecule has 0 aliphatic carbocycles. The zero-order valence-corrected chi connectivity index (χ0v) is 10.7. The van der Waals surface area contributed by atoms with Gasteiger partial charge in [-0.2, -0.15) is 0 Å². The second-order valence-electron chi connectivity index (χ2n) is 4.11. The molecule has 2 heterocycles. The number of carbonyl (C=O) groups is 1. The molecule has 0 aliphatic heterocycles. The number of aromatic nitrogens is 2. The minimum absolute atomic E-state index is 0.0184. The van der Waals surface area contributed by atoms with E-state index in [1.165, 1.54) is 17.8 Å². The second-order valence-corrected chi connectivity index (χ2v) is 4.11. The second kappa shape index (κ2) is 5.23. The Morgan fingerprint density at radius 2 is 2.32 bits per heavy atom. The summed E-state index contributed by atoms with van der Waals surface area (Å²) in [6.45, 7) is 2.43. The van der Waals surface area contributed by atoms with Crippen LogP contribution in [0.5, 0.6) is 0 Å². The summed E-state index contributed by atoms with van der Waals surface area (Å²) in [7, 11) is 1.58. The van der Waals surface area contributed by atoms with E-state index in [1.807, 2.05) is 0 Å². The molecule has 0 fully saturated rings.